The normalized spacial score (nSPS) is 11.3. The van der Waals surface area contributed by atoms with E-state index in [0.717, 1.165) is 28.1 Å². The number of aryl methyl sites for hydroxylation is 1. The minimum atomic E-state index is -1.08. The van der Waals surface area contributed by atoms with Gasteiger partial charge in [-0.1, -0.05) is 49.2 Å². The van der Waals surface area contributed by atoms with E-state index in [1.165, 1.54) is 6.07 Å². The maximum absolute atomic E-state index is 10.9. The first-order valence-corrected chi connectivity index (χ1v) is 12.3. The van der Waals surface area contributed by atoms with Crippen molar-refractivity contribution in [1.82, 2.24) is 15.1 Å². The van der Waals surface area contributed by atoms with Crippen LogP contribution in [0.2, 0.25) is 10.0 Å². The van der Waals surface area contributed by atoms with Gasteiger partial charge >= 0.3 is 5.97 Å². The molecular weight excluding hydrogens is 501 g/mol. The number of nitrogens with zero attached hydrogens (tertiary/aromatic N) is 2. The summed E-state index contributed by atoms with van der Waals surface area (Å²) in [4.78, 5) is 10.9. The van der Waals surface area contributed by atoms with Gasteiger partial charge in [-0.05, 0) is 65.9 Å². The lowest BCUT2D eigenvalue weighted by Crippen LogP contribution is -2.13. The second-order valence-electron chi connectivity index (χ2n) is 8.74. The summed E-state index contributed by atoms with van der Waals surface area (Å²) in [6.45, 7) is 7.57. The number of benzene rings is 2. The lowest BCUT2D eigenvalue weighted by molar-refractivity contribution is 0.0660. The molecule has 36 heavy (non-hydrogen) atoms. The van der Waals surface area contributed by atoms with E-state index >= 15 is 0 Å². The van der Waals surface area contributed by atoms with Gasteiger partial charge in [0.15, 0.2) is 0 Å². The molecule has 0 aliphatic rings. The van der Waals surface area contributed by atoms with Crippen molar-refractivity contribution in [3.8, 4) is 11.4 Å². The Bertz CT molecular complexity index is 1360. The minimum absolute atomic E-state index is 0.0664. The number of ether oxygens (including phenoxy) is 1. The first-order chi connectivity index (χ1) is 17.2. The van der Waals surface area contributed by atoms with Crippen molar-refractivity contribution in [3.05, 3.63) is 98.7 Å². The highest BCUT2D eigenvalue weighted by molar-refractivity contribution is 6.37. The van der Waals surface area contributed by atoms with Crippen LogP contribution in [-0.4, -0.2) is 20.9 Å². The molecule has 2 heterocycles. The Balaban J connectivity index is 1.45. The van der Waals surface area contributed by atoms with Crippen LogP contribution in [0.3, 0.4) is 0 Å². The molecule has 0 saturated carbocycles. The van der Waals surface area contributed by atoms with Gasteiger partial charge in [0.05, 0.1) is 28.5 Å². The van der Waals surface area contributed by atoms with Crippen LogP contribution in [-0.2, 0) is 19.7 Å². The van der Waals surface area contributed by atoms with Crippen LogP contribution in [0.5, 0.6) is 5.75 Å². The van der Waals surface area contributed by atoms with Gasteiger partial charge in [-0.3, -0.25) is 0 Å². The fourth-order valence-electron chi connectivity index (χ4n) is 3.91. The van der Waals surface area contributed by atoms with E-state index in [0.29, 0.717) is 41.2 Å². The van der Waals surface area contributed by atoms with E-state index in [1.807, 2.05) is 31.3 Å². The molecule has 2 N–H and O–H groups in total. The molecule has 0 bridgehead atoms. The molecule has 2 aromatic heterocycles. The van der Waals surface area contributed by atoms with Crippen LogP contribution in [0, 0.1) is 6.92 Å². The Morgan fingerprint density at radius 1 is 1.14 bits per heavy atom. The maximum Gasteiger partial charge on any atom is 0.371 e. The van der Waals surface area contributed by atoms with Gasteiger partial charge in [-0.25, -0.2) is 9.48 Å². The summed E-state index contributed by atoms with van der Waals surface area (Å²) in [5, 5.41) is 17.8. The molecule has 4 rings (SSSR count). The summed E-state index contributed by atoms with van der Waals surface area (Å²) >= 11 is 12.9. The molecular formula is C27H27Cl2N3O4. The quantitative estimate of drug-likeness (QED) is 0.236. The fourth-order valence-corrected chi connectivity index (χ4v) is 4.47. The van der Waals surface area contributed by atoms with Crippen LogP contribution >= 0.6 is 23.2 Å². The van der Waals surface area contributed by atoms with Gasteiger partial charge in [-0.15, -0.1) is 0 Å². The van der Waals surface area contributed by atoms with Crippen molar-refractivity contribution >= 4 is 29.2 Å². The zero-order chi connectivity index (χ0) is 25.8. The average molecular weight is 528 g/mol. The topological polar surface area (TPSA) is 89.5 Å². The Morgan fingerprint density at radius 2 is 1.89 bits per heavy atom. The smallest absolute Gasteiger partial charge is 0.371 e. The molecule has 9 heteroatoms. The van der Waals surface area contributed by atoms with Crippen LogP contribution in [0.25, 0.3) is 5.69 Å². The van der Waals surface area contributed by atoms with Crippen molar-refractivity contribution in [2.75, 3.05) is 0 Å². The van der Waals surface area contributed by atoms with E-state index in [9.17, 15) is 4.79 Å². The number of nitrogens with one attached hydrogen (secondary N) is 1. The Hall–Kier alpha value is -3.26. The van der Waals surface area contributed by atoms with E-state index in [-0.39, 0.29) is 11.7 Å². The molecule has 0 aliphatic heterocycles. The van der Waals surface area contributed by atoms with E-state index < -0.39 is 5.97 Å². The average Bonchev–Trinajstić information content (AvgIpc) is 3.47. The number of halogens is 2. The lowest BCUT2D eigenvalue weighted by Gasteiger charge is -2.15. The first-order valence-electron chi connectivity index (χ1n) is 11.5. The number of aromatic nitrogens is 2. The number of carboxylic acid groups (broad SMARTS) is 1. The molecule has 0 unspecified atom stereocenters. The van der Waals surface area contributed by atoms with Crippen molar-refractivity contribution < 1.29 is 19.1 Å². The summed E-state index contributed by atoms with van der Waals surface area (Å²) < 4.78 is 13.2. The van der Waals surface area contributed by atoms with Crippen LogP contribution < -0.4 is 10.1 Å². The van der Waals surface area contributed by atoms with Gasteiger partial charge in [0, 0.05) is 6.54 Å². The van der Waals surface area contributed by atoms with E-state index in [4.69, 9.17) is 37.5 Å². The fraction of sp³-hybridized carbons (Fsp3) is 0.259. The number of hydrogen-bond donors (Lipinski definition) is 2. The molecule has 0 saturated heterocycles. The van der Waals surface area contributed by atoms with Crippen molar-refractivity contribution in [2.24, 2.45) is 0 Å². The van der Waals surface area contributed by atoms with Gasteiger partial charge < -0.3 is 19.6 Å². The van der Waals surface area contributed by atoms with Crippen molar-refractivity contribution in [3.63, 3.8) is 0 Å². The SMILES string of the molecule is Cc1cc(OCc2c(C(C)C)cnn2-c2c(Cl)cccc2Cl)ccc1CNCc1ccc(C(=O)O)o1. The minimum Gasteiger partial charge on any atom is -0.487 e. The van der Waals surface area contributed by atoms with Crippen molar-refractivity contribution in [2.45, 2.75) is 46.4 Å². The van der Waals surface area contributed by atoms with Gasteiger partial charge in [-0.2, -0.15) is 5.10 Å². The predicted molar refractivity (Wildman–Crippen MR) is 139 cm³/mol. The molecule has 7 nitrogen and oxygen atoms in total. The zero-order valence-corrected chi connectivity index (χ0v) is 21.7. The van der Waals surface area contributed by atoms with E-state index in [2.05, 4.69) is 24.3 Å². The maximum atomic E-state index is 10.9. The number of rotatable bonds is 10. The molecule has 0 fully saturated rings. The highest BCUT2D eigenvalue weighted by atomic mass is 35.5. The third-order valence-corrected chi connectivity index (χ3v) is 6.46. The van der Waals surface area contributed by atoms with Gasteiger partial charge in [0.25, 0.3) is 0 Å². The third kappa shape index (κ3) is 5.75. The molecule has 0 amide bonds. The predicted octanol–water partition coefficient (Wildman–Crippen LogP) is 6.77. The second kappa shape index (κ2) is 11.2. The molecule has 4 aromatic rings. The summed E-state index contributed by atoms with van der Waals surface area (Å²) in [6.07, 6.45) is 1.83. The number of carboxylic acids is 1. The lowest BCUT2D eigenvalue weighted by atomic mass is 10.0. The molecule has 188 valence electrons. The summed E-state index contributed by atoms with van der Waals surface area (Å²) in [5.41, 5.74) is 4.76. The van der Waals surface area contributed by atoms with Gasteiger partial charge in [0.2, 0.25) is 5.76 Å². The summed E-state index contributed by atoms with van der Waals surface area (Å²) in [6, 6.07) is 14.4. The molecule has 0 radical (unpaired) electrons. The molecule has 0 spiro atoms. The summed E-state index contributed by atoms with van der Waals surface area (Å²) in [7, 11) is 0. The Labute approximate surface area is 219 Å². The Kier molecular flexibility index (Phi) is 8.04. The van der Waals surface area contributed by atoms with Crippen molar-refractivity contribution in [1.29, 1.82) is 0 Å². The Morgan fingerprint density at radius 3 is 2.53 bits per heavy atom. The monoisotopic (exact) mass is 527 g/mol. The highest BCUT2D eigenvalue weighted by Gasteiger charge is 2.19. The van der Waals surface area contributed by atoms with Gasteiger partial charge in [0.1, 0.15) is 23.8 Å². The number of hydrogen-bond acceptors (Lipinski definition) is 5. The van der Waals surface area contributed by atoms with E-state index in [1.54, 1.807) is 28.9 Å². The number of furan rings is 1. The second-order valence-corrected chi connectivity index (χ2v) is 9.55. The standard InChI is InChI=1S/C27H27Cl2N3O4/c1-16(2)21-14-31-32(26-22(28)5-4-6-23(26)29)24(21)15-35-19-8-7-18(17(3)11-19)12-30-13-20-9-10-25(36-20)27(33)34/h4-11,14,16,30H,12-13,15H2,1-3H3,(H,33,34). The highest BCUT2D eigenvalue weighted by Crippen LogP contribution is 2.32. The third-order valence-electron chi connectivity index (χ3n) is 5.85. The zero-order valence-electron chi connectivity index (χ0n) is 20.2. The first kappa shape index (κ1) is 25.8. The molecule has 0 aliphatic carbocycles. The van der Waals surface area contributed by atoms with Crippen LogP contribution in [0.4, 0.5) is 0 Å². The molecule has 2 aromatic carbocycles. The van der Waals surface area contributed by atoms with Crippen LogP contribution in [0.15, 0.2) is 59.1 Å². The largest absolute Gasteiger partial charge is 0.487 e. The molecule has 0 atom stereocenters. The summed E-state index contributed by atoms with van der Waals surface area (Å²) in [5.74, 6) is 0.409. The number of para-hydroxylation sites is 1. The number of carbonyl (C=O) groups is 1. The number of aromatic carboxylic acids is 1. The van der Waals surface area contributed by atoms with Crippen LogP contribution in [0.1, 0.15) is 58.5 Å².